The highest BCUT2D eigenvalue weighted by atomic mass is 16.5. The Balaban J connectivity index is 1.96. The number of primary amides is 1. The smallest absolute Gasteiger partial charge is 0.246 e. The fourth-order valence-corrected chi connectivity index (χ4v) is 4.37. The van der Waals surface area contributed by atoms with E-state index < -0.39 is 11.9 Å². The van der Waals surface area contributed by atoms with Crippen molar-refractivity contribution >= 4 is 11.6 Å². The third-order valence-corrected chi connectivity index (χ3v) is 6.50. The number of hydrogen-bond donors (Lipinski definition) is 1. The summed E-state index contributed by atoms with van der Waals surface area (Å²) in [4.78, 5) is 16.9. The lowest BCUT2D eigenvalue weighted by atomic mass is 9.70. The molecule has 0 spiro atoms. The molecule has 0 radical (unpaired) electrons. The molecule has 1 amide bonds. The van der Waals surface area contributed by atoms with Crippen LogP contribution >= 0.6 is 0 Å². The number of nitrogens with zero attached hydrogens (tertiary/aromatic N) is 1. The van der Waals surface area contributed by atoms with E-state index in [-0.39, 0.29) is 10.8 Å². The standard InChI is InChI=1S/C19H26N2O2/c1-18(2)13-9-10-19(18,3)15(11-13)21-16(17(20)22)12-5-7-14(23-4)8-6-12/h5-8,13,16H,9-11H2,1-4H3,(H2,20,22)/t13-,16-,19+/m1/s1. The number of benzene rings is 1. The van der Waals surface area contributed by atoms with Gasteiger partial charge in [0, 0.05) is 11.1 Å². The minimum Gasteiger partial charge on any atom is -0.497 e. The summed E-state index contributed by atoms with van der Waals surface area (Å²) in [5.74, 6) is 1.03. The molecule has 0 aromatic heterocycles. The van der Waals surface area contributed by atoms with Crippen molar-refractivity contribution in [1.82, 2.24) is 0 Å². The highest BCUT2D eigenvalue weighted by molar-refractivity contribution is 5.96. The first-order valence-electron chi connectivity index (χ1n) is 8.30. The maximum atomic E-state index is 12.0. The van der Waals surface area contributed by atoms with Crippen LogP contribution in [-0.2, 0) is 4.79 Å². The summed E-state index contributed by atoms with van der Waals surface area (Å²) in [6, 6.07) is 6.83. The van der Waals surface area contributed by atoms with Gasteiger partial charge in [-0.25, -0.2) is 0 Å². The molecule has 2 N–H and O–H groups in total. The van der Waals surface area contributed by atoms with E-state index in [0.29, 0.717) is 5.92 Å². The first-order chi connectivity index (χ1) is 10.8. The highest BCUT2D eigenvalue weighted by Gasteiger charge is 2.59. The monoisotopic (exact) mass is 314 g/mol. The molecule has 4 nitrogen and oxygen atoms in total. The van der Waals surface area contributed by atoms with Crippen molar-refractivity contribution in [3.05, 3.63) is 29.8 Å². The fraction of sp³-hybridized carbons (Fsp3) is 0.579. The zero-order chi connectivity index (χ0) is 16.8. The summed E-state index contributed by atoms with van der Waals surface area (Å²) >= 11 is 0. The molecule has 4 heteroatoms. The van der Waals surface area contributed by atoms with Crippen molar-refractivity contribution in [2.24, 2.45) is 27.5 Å². The number of carbonyl (C=O) groups excluding carboxylic acids is 1. The number of fused-ring (bicyclic) bond motifs is 2. The van der Waals surface area contributed by atoms with Crippen LogP contribution < -0.4 is 10.5 Å². The van der Waals surface area contributed by atoms with E-state index in [4.69, 9.17) is 15.5 Å². The maximum Gasteiger partial charge on any atom is 0.246 e. The van der Waals surface area contributed by atoms with Gasteiger partial charge in [0.1, 0.15) is 5.75 Å². The number of ether oxygens (including phenoxy) is 1. The summed E-state index contributed by atoms with van der Waals surface area (Å²) in [6.07, 6.45) is 3.40. The predicted molar refractivity (Wildman–Crippen MR) is 91.6 cm³/mol. The van der Waals surface area contributed by atoms with Crippen LogP contribution in [0.2, 0.25) is 0 Å². The summed E-state index contributed by atoms with van der Waals surface area (Å²) in [5, 5.41) is 0. The van der Waals surface area contributed by atoms with Crippen LogP contribution in [0.4, 0.5) is 0 Å². The second-order valence-electron chi connectivity index (χ2n) is 7.65. The zero-order valence-electron chi connectivity index (χ0n) is 14.4. The van der Waals surface area contributed by atoms with Crippen LogP contribution in [0.25, 0.3) is 0 Å². The second-order valence-corrected chi connectivity index (χ2v) is 7.65. The number of rotatable bonds is 4. The average Bonchev–Trinajstić information content (AvgIpc) is 2.85. The quantitative estimate of drug-likeness (QED) is 0.924. The first-order valence-corrected chi connectivity index (χ1v) is 8.30. The van der Waals surface area contributed by atoms with Crippen molar-refractivity contribution < 1.29 is 9.53 Å². The Labute approximate surface area is 138 Å². The van der Waals surface area contributed by atoms with E-state index in [0.717, 1.165) is 24.2 Å². The molecule has 1 aromatic carbocycles. The normalized spacial score (nSPS) is 31.3. The molecule has 0 heterocycles. The number of nitrogens with two attached hydrogens (primary N) is 1. The number of carbonyl (C=O) groups is 1. The molecule has 3 rings (SSSR count). The van der Waals surface area contributed by atoms with Crippen molar-refractivity contribution in [1.29, 1.82) is 0 Å². The van der Waals surface area contributed by atoms with Crippen LogP contribution in [0.5, 0.6) is 5.75 Å². The van der Waals surface area contributed by atoms with Gasteiger partial charge in [0.05, 0.1) is 7.11 Å². The summed E-state index contributed by atoms with van der Waals surface area (Å²) < 4.78 is 5.17. The lowest BCUT2D eigenvalue weighted by Crippen LogP contribution is -2.33. The number of methoxy groups -OCH3 is 1. The van der Waals surface area contributed by atoms with Crippen LogP contribution in [0.1, 0.15) is 51.6 Å². The molecule has 1 aromatic rings. The Hall–Kier alpha value is -1.84. The topological polar surface area (TPSA) is 64.7 Å². The Kier molecular flexibility index (Phi) is 3.74. The van der Waals surface area contributed by atoms with E-state index in [1.807, 2.05) is 24.3 Å². The molecule has 0 saturated heterocycles. The molecule has 0 aliphatic heterocycles. The Morgan fingerprint density at radius 3 is 2.39 bits per heavy atom. The molecule has 2 fully saturated rings. The van der Waals surface area contributed by atoms with Crippen LogP contribution in [0.3, 0.4) is 0 Å². The number of amides is 1. The minimum atomic E-state index is -0.608. The molecule has 2 saturated carbocycles. The Morgan fingerprint density at radius 2 is 1.96 bits per heavy atom. The van der Waals surface area contributed by atoms with Crippen LogP contribution in [0, 0.1) is 16.7 Å². The number of aliphatic imine (C=N–C) groups is 1. The van der Waals surface area contributed by atoms with Gasteiger partial charge in [0.15, 0.2) is 6.04 Å². The lowest BCUT2D eigenvalue weighted by molar-refractivity contribution is -0.119. The Morgan fingerprint density at radius 1 is 1.30 bits per heavy atom. The van der Waals surface area contributed by atoms with Crippen LogP contribution in [-0.4, -0.2) is 18.7 Å². The molecular formula is C19H26N2O2. The van der Waals surface area contributed by atoms with Crippen molar-refractivity contribution in [3.63, 3.8) is 0 Å². The summed E-state index contributed by atoms with van der Waals surface area (Å²) in [7, 11) is 1.62. The molecular weight excluding hydrogens is 288 g/mol. The van der Waals surface area contributed by atoms with Gasteiger partial charge in [0.2, 0.25) is 5.91 Å². The van der Waals surface area contributed by atoms with Crippen LogP contribution in [0.15, 0.2) is 29.3 Å². The van der Waals surface area contributed by atoms with Gasteiger partial charge >= 0.3 is 0 Å². The van der Waals surface area contributed by atoms with Crippen molar-refractivity contribution in [3.8, 4) is 5.75 Å². The zero-order valence-corrected chi connectivity index (χ0v) is 14.4. The largest absolute Gasteiger partial charge is 0.497 e. The SMILES string of the molecule is COc1ccc([C@@H](N=C2C[C@H]3CC[C@]2(C)C3(C)C)C(N)=O)cc1. The van der Waals surface area contributed by atoms with Gasteiger partial charge in [-0.15, -0.1) is 0 Å². The molecule has 3 atom stereocenters. The maximum absolute atomic E-state index is 12.0. The average molecular weight is 314 g/mol. The van der Waals surface area contributed by atoms with Gasteiger partial charge in [0.25, 0.3) is 0 Å². The summed E-state index contributed by atoms with van der Waals surface area (Å²) in [6.45, 7) is 6.96. The van der Waals surface area contributed by atoms with E-state index in [2.05, 4.69) is 20.8 Å². The van der Waals surface area contributed by atoms with Gasteiger partial charge in [-0.05, 0) is 48.3 Å². The van der Waals surface area contributed by atoms with Gasteiger partial charge in [-0.3, -0.25) is 9.79 Å². The van der Waals surface area contributed by atoms with Gasteiger partial charge in [-0.1, -0.05) is 32.9 Å². The Bertz CT molecular complexity index is 648. The third kappa shape index (κ3) is 2.35. The van der Waals surface area contributed by atoms with E-state index in [1.165, 1.54) is 12.1 Å². The molecule has 2 aliphatic carbocycles. The van der Waals surface area contributed by atoms with Crippen molar-refractivity contribution in [2.75, 3.05) is 7.11 Å². The van der Waals surface area contributed by atoms with Gasteiger partial charge < -0.3 is 10.5 Å². The molecule has 124 valence electrons. The molecule has 23 heavy (non-hydrogen) atoms. The second kappa shape index (κ2) is 5.36. The molecule has 2 aliphatic rings. The molecule has 2 bridgehead atoms. The third-order valence-electron chi connectivity index (χ3n) is 6.50. The molecule has 0 unspecified atom stereocenters. The minimum absolute atomic E-state index is 0.0812. The van der Waals surface area contributed by atoms with Crippen molar-refractivity contribution in [2.45, 2.75) is 46.1 Å². The predicted octanol–water partition coefficient (Wildman–Crippen LogP) is 3.51. The van der Waals surface area contributed by atoms with E-state index in [9.17, 15) is 4.79 Å². The van der Waals surface area contributed by atoms with E-state index >= 15 is 0 Å². The first kappa shape index (κ1) is 16.0. The lowest BCUT2D eigenvalue weighted by Gasteiger charge is -2.35. The number of hydrogen-bond acceptors (Lipinski definition) is 3. The highest BCUT2D eigenvalue weighted by Crippen LogP contribution is 2.64. The summed E-state index contributed by atoms with van der Waals surface area (Å²) in [5.41, 5.74) is 7.97. The van der Waals surface area contributed by atoms with Gasteiger partial charge in [-0.2, -0.15) is 0 Å². The van der Waals surface area contributed by atoms with E-state index in [1.54, 1.807) is 7.11 Å². The fourth-order valence-electron chi connectivity index (χ4n) is 4.37.